The number of aromatic carboxylic acids is 1. The molecule has 0 aliphatic rings. The fourth-order valence-corrected chi connectivity index (χ4v) is 3.40. The first-order chi connectivity index (χ1) is 13.2. The number of rotatable bonds is 13. The van der Waals surface area contributed by atoms with E-state index in [1.54, 1.807) is 12.1 Å². The lowest BCUT2D eigenvalue weighted by Crippen LogP contribution is -2.11. The van der Waals surface area contributed by atoms with Crippen molar-refractivity contribution in [3.63, 3.8) is 0 Å². The number of anilines is 1. The van der Waals surface area contributed by atoms with Gasteiger partial charge >= 0.3 is 5.97 Å². The number of carbonyl (C=O) groups is 1. The lowest BCUT2D eigenvalue weighted by molar-refractivity contribution is 0.0697. The van der Waals surface area contributed by atoms with Gasteiger partial charge in [-0.05, 0) is 36.2 Å². The van der Waals surface area contributed by atoms with Crippen molar-refractivity contribution in [3.8, 4) is 0 Å². The van der Waals surface area contributed by atoms with Gasteiger partial charge in [-0.15, -0.1) is 0 Å². The second-order valence-electron chi connectivity index (χ2n) is 7.25. The Morgan fingerprint density at radius 2 is 1.44 bits per heavy atom. The Balaban J connectivity index is 1.86. The fourth-order valence-electron chi connectivity index (χ4n) is 3.40. The maximum atomic E-state index is 11.0. The minimum atomic E-state index is -0.889. The zero-order valence-electron chi connectivity index (χ0n) is 16.5. The topological polar surface area (TPSA) is 49.3 Å². The minimum absolute atomic E-state index is 0.252. The van der Waals surface area contributed by atoms with E-state index in [-0.39, 0.29) is 6.04 Å². The van der Waals surface area contributed by atoms with E-state index in [1.807, 2.05) is 18.2 Å². The van der Waals surface area contributed by atoms with Crippen LogP contribution < -0.4 is 5.32 Å². The fraction of sp³-hybridized carbons (Fsp3) is 0.458. The second-order valence-corrected chi connectivity index (χ2v) is 7.25. The maximum Gasteiger partial charge on any atom is 0.335 e. The normalized spacial score (nSPS) is 11.9. The van der Waals surface area contributed by atoms with E-state index in [1.165, 1.54) is 56.9 Å². The van der Waals surface area contributed by atoms with Gasteiger partial charge in [-0.1, -0.05) is 88.6 Å². The van der Waals surface area contributed by atoms with Crippen LogP contribution >= 0.6 is 0 Å². The van der Waals surface area contributed by atoms with Gasteiger partial charge < -0.3 is 10.4 Å². The van der Waals surface area contributed by atoms with Crippen molar-refractivity contribution in [3.05, 3.63) is 65.7 Å². The number of hydrogen-bond donors (Lipinski definition) is 2. The van der Waals surface area contributed by atoms with E-state index < -0.39 is 5.97 Å². The summed E-state index contributed by atoms with van der Waals surface area (Å²) in [7, 11) is 0. The molecule has 2 N–H and O–H groups in total. The third-order valence-electron chi connectivity index (χ3n) is 5.02. The first-order valence-electron chi connectivity index (χ1n) is 10.4. The van der Waals surface area contributed by atoms with Crippen LogP contribution in [0.2, 0.25) is 0 Å². The molecule has 146 valence electrons. The van der Waals surface area contributed by atoms with E-state index in [4.69, 9.17) is 5.11 Å². The molecule has 2 aromatic rings. The third-order valence-corrected chi connectivity index (χ3v) is 5.02. The molecule has 2 aromatic carbocycles. The lowest BCUT2D eigenvalue weighted by atomic mass is 9.99. The van der Waals surface area contributed by atoms with Crippen molar-refractivity contribution in [2.75, 3.05) is 5.32 Å². The summed E-state index contributed by atoms with van der Waals surface area (Å²) in [4.78, 5) is 11.0. The minimum Gasteiger partial charge on any atom is -0.478 e. The van der Waals surface area contributed by atoms with Gasteiger partial charge in [0.2, 0.25) is 0 Å². The molecule has 0 aliphatic heterocycles. The van der Waals surface area contributed by atoms with E-state index in [2.05, 4.69) is 36.5 Å². The van der Waals surface area contributed by atoms with Crippen molar-refractivity contribution in [1.82, 2.24) is 0 Å². The van der Waals surface area contributed by atoms with Crippen LogP contribution in [0.4, 0.5) is 5.69 Å². The van der Waals surface area contributed by atoms with Crippen molar-refractivity contribution in [2.45, 2.75) is 70.8 Å². The predicted molar refractivity (Wildman–Crippen MR) is 113 cm³/mol. The molecule has 1 unspecified atom stereocenters. The molecule has 1 atom stereocenters. The molecule has 3 nitrogen and oxygen atoms in total. The summed E-state index contributed by atoms with van der Waals surface area (Å²) in [5.41, 5.74) is 2.57. The monoisotopic (exact) mass is 367 g/mol. The molecule has 0 saturated carbocycles. The largest absolute Gasteiger partial charge is 0.478 e. The number of unbranched alkanes of at least 4 members (excludes halogenated alkanes) is 7. The molecule has 0 heterocycles. The van der Waals surface area contributed by atoms with E-state index >= 15 is 0 Å². The molecule has 2 rings (SSSR count). The highest BCUT2D eigenvalue weighted by Crippen LogP contribution is 2.25. The highest BCUT2D eigenvalue weighted by molar-refractivity contribution is 5.88. The Bertz CT molecular complexity index is 652. The number of benzene rings is 2. The van der Waals surface area contributed by atoms with E-state index in [0.717, 1.165) is 12.1 Å². The molecule has 0 aromatic heterocycles. The summed E-state index contributed by atoms with van der Waals surface area (Å²) in [5, 5.41) is 12.6. The predicted octanol–water partition coefficient (Wildman–Crippen LogP) is 7.07. The highest BCUT2D eigenvalue weighted by atomic mass is 16.4. The smallest absolute Gasteiger partial charge is 0.335 e. The molecular formula is C24H33NO2. The van der Waals surface area contributed by atoms with Crippen molar-refractivity contribution >= 4 is 11.7 Å². The van der Waals surface area contributed by atoms with Crippen LogP contribution in [0.15, 0.2) is 54.6 Å². The Kier molecular flexibility index (Phi) is 9.47. The van der Waals surface area contributed by atoms with Crippen LogP contribution in [0.3, 0.4) is 0 Å². The Hall–Kier alpha value is -2.29. The molecule has 0 bridgehead atoms. The van der Waals surface area contributed by atoms with Gasteiger partial charge in [0, 0.05) is 5.69 Å². The quantitative estimate of drug-likeness (QED) is 0.372. The average molecular weight is 368 g/mol. The summed E-state index contributed by atoms with van der Waals surface area (Å²) in [6, 6.07) is 17.8. The number of carboxylic acids is 1. The lowest BCUT2D eigenvalue weighted by Gasteiger charge is -2.21. The highest BCUT2D eigenvalue weighted by Gasteiger charge is 2.11. The first-order valence-corrected chi connectivity index (χ1v) is 10.4. The summed E-state index contributed by atoms with van der Waals surface area (Å²) in [6.45, 7) is 2.26. The molecular weight excluding hydrogens is 334 g/mol. The molecule has 27 heavy (non-hydrogen) atoms. The van der Waals surface area contributed by atoms with Crippen LogP contribution in [0, 0.1) is 0 Å². The van der Waals surface area contributed by atoms with Crippen LogP contribution in [-0.4, -0.2) is 11.1 Å². The Morgan fingerprint density at radius 3 is 2.04 bits per heavy atom. The van der Waals surface area contributed by atoms with Gasteiger partial charge in [0.15, 0.2) is 0 Å². The van der Waals surface area contributed by atoms with Crippen LogP contribution in [0.25, 0.3) is 0 Å². The zero-order valence-corrected chi connectivity index (χ0v) is 16.5. The summed E-state index contributed by atoms with van der Waals surface area (Å²) < 4.78 is 0. The van der Waals surface area contributed by atoms with Crippen molar-refractivity contribution < 1.29 is 9.90 Å². The van der Waals surface area contributed by atoms with Gasteiger partial charge in [0.05, 0.1) is 11.6 Å². The van der Waals surface area contributed by atoms with Crippen LogP contribution in [-0.2, 0) is 0 Å². The summed E-state index contributed by atoms with van der Waals surface area (Å²) >= 11 is 0. The number of hydrogen-bond acceptors (Lipinski definition) is 2. The van der Waals surface area contributed by atoms with E-state index in [9.17, 15) is 4.79 Å². The van der Waals surface area contributed by atoms with Crippen LogP contribution in [0.5, 0.6) is 0 Å². The third kappa shape index (κ3) is 7.86. The Morgan fingerprint density at radius 1 is 0.852 bits per heavy atom. The molecule has 0 fully saturated rings. The number of carboxylic acid groups (broad SMARTS) is 1. The van der Waals surface area contributed by atoms with Gasteiger partial charge in [-0.3, -0.25) is 0 Å². The van der Waals surface area contributed by atoms with Crippen molar-refractivity contribution in [1.29, 1.82) is 0 Å². The molecule has 0 aliphatic carbocycles. The van der Waals surface area contributed by atoms with Crippen LogP contribution in [0.1, 0.15) is 86.7 Å². The maximum absolute atomic E-state index is 11.0. The average Bonchev–Trinajstić information content (AvgIpc) is 2.70. The first kappa shape index (κ1) is 21.0. The van der Waals surface area contributed by atoms with E-state index in [0.29, 0.717) is 5.56 Å². The molecule has 0 spiro atoms. The van der Waals surface area contributed by atoms with Gasteiger partial charge in [0.25, 0.3) is 0 Å². The zero-order chi connectivity index (χ0) is 19.3. The van der Waals surface area contributed by atoms with Gasteiger partial charge in [-0.25, -0.2) is 4.79 Å². The molecule has 0 radical (unpaired) electrons. The molecule has 0 saturated heterocycles. The van der Waals surface area contributed by atoms with Gasteiger partial charge in [0.1, 0.15) is 0 Å². The summed E-state index contributed by atoms with van der Waals surface area (Å²) in [6.07, 6.45) is 11.6. The van der Waals surface area contributed by atoms with Crippen molar-refractivity contribution in [2.24, 2.45) is 0 Å². The Labute approximate surface area is 163 Å². The SMILES string of the molecule is CCCCCCCCCCC(Nc1ccc(C(=O)O)cc1)c1ccccc1. The molecule has 3 heteroatoms. The summed E-state index contributed by atoms with van der Waals surface area (Å²) in [5.74, 6) is -0.889. The standard InChI is InChI=1S/C24H33NO2/c1-2-3-4-5-6-7-8-12-15-23(20-13-10-9-11-14-20)25-22-18-16-21(17-19-22)24(26)27/h9-11,13-14,16-19,23,25H,2-8,12,15H2,1H3,(H,26,27). The molecule has 0 amide bonds. The second kappa shape index (κ2) is 12.2. The number of nitrogens with one attached hydrogen (secondary N) is 1. The van der Waals surface area contributed by atoms with Gasteiger partial charge in [-0.2, -0.15) is 0 Å².